The van der Waals surface area contributed by atoms with E-state index >= 15 is 0 Å². The molecule has 0 aliphatic carbocycles. The van der Waals surface area contributed by atoms with Gasteiger partial charge < -0.3 is 0 Å². The van der Waals surface area contributed by atoms with Gasteiger partial charge in [0, 0.05) is 31.1 Å². The maximum atomic E-state index is 4.25. The van der Waals surface area contributed by atoms with Crippen molar-refractivity contribution in [2.24, 2.45) is 0 Å². The van der Waals surface area contributed by atoms with Crippen molar-refractivity contribution in [3.63, 3.8) is 0 Å². The fraction of sp³-hybridized carbons (Fsp3) is 0.750. The molecule has 1 rings (SSSR count). The summed E-state index contributed by atoms with van der Waals surface area (Å²) in [5.41, 5.74) is 0. The Bertz CT molecular complexity index is 80.1. The first kappa shape index (κ1) is 9.92. The molecule has 44 valence electrons. The Morgan fingerprint density at radius 3 is 2.62 bits per heavy atom. The molecule has 0 saturated carbocycles. The van der Waals surface area contributed by atoms with Crippen molar-refractivity contribution in [3.8, 4) is 0 Å². The van der Waals surface area contributed by atoms with Crippen LogP contribution in [0.2, 0.25) is 0 Å². The molecule has 8 heavy (non-hydrogen) atoms. The Morgan fingerprint density at radius 1 is 1.62 bits per heavy atom. The first-order valence-corrected chi connectivity index (χ1v) is 4.80. The molecule has 0 aromatic carbocycles. The molecule has 0 unspecified atom stereocenters. The van der Waals surface area contributed by atoms with Crippen molar-refractivity contribution in [2.45, 2.75) is 6.42 Å². The predicted octanol–water partition coefficient (Wildman–Crippen LogP) is 1.13. The molecule has 0 spiro atoms. The van der Waals surface area contributed by atoms with Gasteiger partial charge in [-0.1, -0.05) is 0 Å². The van der Waals surface area contributed by atoms with Crippen LogP contribution in [0.4, 0.5) is 0 Å². The van der Waals surface area contributed by atoms with Crippen molar-refractivity contribution in [1.82, 2.24) is 0 Å². The topological polar surface area (TPSA) is 14.1 Å². The minimum atomic E-state index is 0. The van der Waals surface area contributed by atoms with E-state index in [-0.39, 0.29) is 31.1 Å². The summed E-state index contributed by atoms with van der Waals surface area (Å²) in [5, 5.41) is 4.25. The van der Waals surface area contributed by atoms with Crippen LogP contribution in [0, 0.1) is 31.1 Å². The second-order valence-corrected chi connectivity index (χ2v) is 4.11. The first-order chi connectivity index (χ1) is 3.39. The van der Waals surface area contributed by atoms with Crippen LogP contribution in [-0.2, 0) is 19.4 Å². The molecule has 0 bridgehead atoms. The second-order valence-electron chi connectivity index (χ2n) is 1.34. The summed E-state index contributed by atoms with van der Waals surface area (Å²) in [5.74, 6) is 2.31. The Balaban J connectivity index is 0.000000490. The van der Waals surface area contributed by atoms with E-state index in [1.807, 2.05) is 11.8 Å². The van der Waals surface area contributed by atoms with Crippen LogP contribution in [0.5, 0.6) is 0 Å². The van der Waals surface area contributed by atoms with E-state index in [1.165, 1.54) is 16.2 Å². The Labute approximate surface area is 88.5 Å². The minimum absolute atomic E-state index is 0. The SMILES string of the molecule is [U].[W]=[C]1CCSC[N-]1. The van der Waals surface area contributed by atoms with E-state index in [0.29, 0.717) is 0 Å². The van der Waals surface area contributed by atoms with Gasteiger partial charge in [-0.05, 0) is 0 Å². The van der Waals surface area contributed by atoms with Crippen LogP contribution in [-0.4, -0.2) is 15.7 Å². The molecule has 0 atom stereocenters. The van der Waals surface area contributed by atoms with Crippen LogP contribution in [0.3, 0.4) is 0 Å². The van der Waals surface area contributed by atoms with E-state index in [1.54, 1.807) is 19.4 Å². The fourth-order valence-electron chi connectivity index (χ4n) is 0.421. The normalized spacial score (nSPS) is 19.8. The zero-order valence-corrected chi connectivity index (χ0v) is 12.3. The van der Waals surface area contributed by atoms with Gasteiger partial charge in [0.2, 0.25) is 0 Å². The Morgan fingerprint density at radius 2 is 2.38 bits per heavy atom. The van der Waals surface area contributed by atoms with Crippen molar-refractivity contribution in [2.75, 3.05) is 11.6 Å². The third-order valence-electron chi connectivity index (χ3n) is 0.792. The average molecular weight is 522 g/mol. The summed E-state index contributed by atoms with van der Waals surface area (Å²) in [6, 6.07) is 0. The first-order valence-electron chi connectivity index (χ1n) is 2.17. The van der Waals surface area contributed by atoms with Crippen LogP contribution in [0.15, 0.2) is 0 Å². The molecular weight excluding hydrogens is 516 g/mol. The van der Waals surface area contributed by atoms with E-state index in [0.717, 1.165) is 5.88 Å². The van der Waals surface area contributed by atoms with Crippen LogP contribution in [0.25, 0.3) is 5.32 Å². The number of thioether (sulfide) groups is 1. The maximum absolute atomic E-state index is 4.25. The number of rotatable bonds is 0. The molecule has 0 aromatic rings. The molecule has 1 nitrogen and oxygen atoms in total. The van der Waals surface area contributed by atoms with Crippen molar-refractivity contribution >= 4 is 15.8 Å². The summed E-state index contributed by atoms with van der Waals surface area (Å²) >= 11 is 3.48. The molecule has 0 aromatic heterocycles. The molecular formula is C4H6NSUW-. The molecule has 0 amide bonds. The van der Waals surface area contributed by atoms with E-state index in [2.05, 4.69) is 5.32 Å². The molecule has 1 saturated heterocycles. The van der Waals surface area contributed by atoms with Gasteiger partial charge in [0.15, 0.2) is 0 Å². The van der Waals surface area contributed by atoms with Gasteiger partial charge in [-0.2, -0.15) is 0 Å². The van der Waals surface area contributed by atoms with Gasteiger partial charge in [0.1, 0.15) is 0 Å². The zero-order valence-electron chi connectivity index (χ0n) is 4.39. The molecule has 1 fully saturated rings. The fourth-order valence-corrected chi connectivity index (χ4v) is 2.57. The Kier molecular flexibility index (Phi) is 7.05. The third kappa shape index (κ3) is 3.85. The summed E-state index contributed by atoms with van der Waals surface area (Å²) < 4.78 is 1.40. The third-order valence-corrected chi connectivity index (χ3v) is 2.79. The quantitative estimate of drug-likeness (QED) is 0.466. The van der Waals surface area contributed by atoms with Gasteiger partial charge in [-0.15, -0.1) is 0 Å². The molecule has 1 aliphatic heterocycles. The van der Waals surface area contributed by atoms with Crippen molar-refractivity contribution < 1.29 is 50.5 Å². The molecule has 1 heterocycles. The van der Waals surface area contributed by atoms with Crippen molar-refractivity contribution in [3.05, 3.63) is 5.32 Å². The van der Waals surface area contributed by atoms with Gasteiger partial charge in [0.25, 0.3) is 0 Å². The van der Waals surface area contributed by atoms with Crippen LogP contribution < -0.4 is 0 Å². The number of nitrogens with zero attached hydrogens (tertiary/aromatic N) is 1. The van der Waals surface area contributed by atoms with Gasteiger partial charge in [0.05, 0.1) is 0 Å². The zero-order chi connectivity index (χ0) is 5.11. The van der Waals surface area contributed by atoms with E-state index in [4.69, 9.17) is 0 Å². The van der Waals surface area contributed by atoms with Gasteiger partial charge in [-0.25, -0.2) is 0 Å². The number of hydrogen-bond donors (Lipinski definition) is 0. The van der Waals surface area contributed by atoms with Crippen LogP contribution in [0.1, 0.15) is 6.42 Å². The second kappa shape index (κ2) is 5.69. The summed E-state index contributed by atoms with van der Waals surface area (Å²) in [6.45, 7) is 0. The molecule has 0 N–H and O–H groups in total. The van der Waals surface area contributed by atoms with Gasteiger partial charge >= 0.3 is 58.5 Å². The standard InChI is InChI=1S/C4H6NS.U.W/c1-2-5-4-6-3-1;;/h1,3-4H2;;/q-1;;. The number of hydrogen-bond acceptors (Lipinski definition) is 1. The van der Waals surface area contributed by atoms with E-state index in [9.17, 15) is 0 Å². The monoisotopic (exact) mass is 522 g/mol. The van der Waals surface area contributed by atoms with Gasteiger partial charge in [-0.3, -0.25) is 0 Å². The average Bonchev–Trinajstić information content (AvgIpc) is 1.69. The predicted molar refractivity (Wildman–Crippen MR) is 30.3 cm³/mol. The molecule has 4 heteroatoms. The van der Waals surface area contributed by atoms with Crippen molar-refractivity contribution in [1.29, 1.82) is 0 Å². The summed E-state index contributed by atoms with van der Waals surface area (Å²) in [6.07, 6.45) is 1.24. The molecule has 1 aliphatic rings. The summed E-state index contributed by atoms with van der Waals surface area (Å²) in [7, 11) is 0. The van der Waals surface area contributed by atoms with Crippen LogP contribution >= 0.6 is 11.8 Å². The van der Waals surface area contributed by atoms with E-state index < -0.39 is 0 Å². The Hall–Kier alpha value is 1.92. The summed E-state index contributed by atoms with van der Waals surface area (Å²) in [4.78, 5) is 0. The molecule has 0 radical (unpaired) electrons.